The van der Waals surface area contributed by atoms with Gasteiger partial charge in [-0.1, -0.05) is 13.8 Å². The topological polar surface area (TPSA) is 109 Å². The molecule has 2 aliphatic rings. The van der Waals surface area contributed by atoms with E-state index in [1.54, 1.807) is 37.8 Å². The zero-order chi connectivity index (χ0) is 25.8. The van der Waals surface area contributed by atoms with Gasteiger partial charge in [-0.3, -0.25) is 19.9 Å². The number of pyridine rings is 1. The number of aliphatic hydroxyl groups is 1. The lowest BCUT2D eigenvalue weighted by atomic mass is 9.66. The van der Waals surface area contributed by atoms with Crippen molar-refractivity contribution in [3.05, 3.63) is 41.3 Å². The first-order valence-corrected chi connectivity index (χ1v) is 11.8. The fraction of sp³-hybridized carbons (Fsp3) is 0.538. The molecule has 8 nitrogen and oxygen atoms in total. The van der Waals surface area contributed by atoms with Crippen LogP contribution in [0.25, 0.3) is 10.9 Å². The normalized spacial score (nSPS) is 24.9. The summed E-state index contributed by atoms with van der Waals surface area (Å²) in [6.07, 6.45) is 1.80. The monoisotopic (exact) mass is 485 g/mol. The zero-order valence-electron chi connectivity index (χ0n) is 20.8. The summed E-state index contributed by atoms with van der Waals surface area (Å²) in [4.78, 5) is 42.2. The van der Waals surface area contributed by atoms with Gasteiger partial charge in [0.1, 0.15) is 16.9 Å². The molecule has 3 amide bonds. The molecular weight excluding hydrogens is 453 g/mol. The quantitative estimate of drug-likeness (QED) is 0.627. The van der Waals surface area contributed by atoms with Crippen LogP contribution in [-0.2, 0) is 19.9 Å². The molecular formula is C26H32FN3O5. The highest BCUT2D eigenvalue weighted by Crippen LogP contribution is 2.47. The van der Waals surface area contributed by atoms with Crippen LogP contribution in [0.15, 0.2) is 24.4 Å². The van der Waals surface area contributed by atoms with E-state index >= 15 is 4.39 Å². The molecule has 0 spiro atoms. The number of halogens is 1. The van der Waals surface area contributed by atoms with E-state index in [1.165, 1.54) is 12.3 Å². The highest BCUT2D eigenvalue weighted by atomic mass is 19.1. The summed E-state index contributed by atoms with van der Waals surface area (Å²) in [5.74, 6) is -1.83. The molecule has 2 fully saturated rings. The first-order chi connectivity index (χ1) is 16.2. The number of fused-ring (bicyclic) bond motifs is 1. The SMILES string of the molecule is CC(C)(C)OC(=O)N1CCC(O)(c2cc(F)c3ncc(C4CCC(=O)NC4=O)cc3c2)C(C)(C)C1. The van der Waals surface area contributed by atoms with Gasteiger partial charge in [-0.15, -0.1) is 0 Å². The van der Waals surface area contributed by atoms with E-state index in [2.05, 4.69) is 10.3 Å². The Bertz CT molecular complexity index is 1210. The standard InChI is InChI=1S/C26H32FN3O5/c1-24(2,3)35-23(33)30-9-8-26(34,25(4,5)14-30)17-11-15-10-16(13-28-21(15)19(27)12-17)18-6-7-20(31)29-22(18)32/h10-13,18,34H,6-9,14H2,1-5H3,(H,29,31,32). The lowest BCUT2D eigenvalue weighted by Crippen LogP contribution is -2.57. The van der Waals surface area contributed by atoms with Crippen molar-refractivity contribution < 1.29 is 28.6 Å². The van der Waals surface area contributed by atoms with Gasteiger partial charge in [0.15, 0.2) is 0 Å². The van der Waals surface area contributed by atoms with E-state index in [1.807, 2.05) is 13.8 Å². The van der Waals surface area contributed by atoms with Crippen molar-refractivity contribution in [3.63, 3.8) is 0 Å². The molecule has 2 saturated heterocycles. The molecule has 2 aliphatic heterocycles. The Morgan fingerprint density at radius 2 is 1.97 bits per heavy atom. The minimum absolute atomic E-state index is 0.136. The van der Waals surface area contributed by atoms with Crippen LogP contribution in [0.4, 0.5) is 9.18 Å². The zero-order valence-corrected chi connectivity index (χ0v) is 20.8. The Morgan fingerprint density at radius 1 is 1.26 bits per heavy atom. The molecule has 0 saturated carbocycles. The number of carbonyl (C=O) groups is 3. The third-order valence-electron chi connectivity index (χ3n) is 6.98. The Kier molecular flexibility index (Phi) is 6.12. The van der Waals surface area contributed by atoms with Crippen LogP contribution in [0.5, 0.6) is 0 Å². The van der Waals surface area contributed by atoms with Crippen LogP contribution >= 0.6 is 0 Å². The van der Waals surface area contributed by atoms with Gasteiger partial charge in [0.05, 0.1) is 11.5 Å². The number of nitrogens with one attached hydrogen (secondary N) is 1. The maximum absolute atomic E-state index is 15.1. The molecule has 2 unspecified atom stereocenters. The molecule has 0 aliphatic carbocycles. The number of carbonyl (C=O) groups excluding carboxylic acids is 3. The van der Waals surface area contributed by atoms with Crippen molar-refractivity contribution in [2.45, 2.75) is 71.0 Å². The number of hydrogen-bond acceptors (Lipinski definition) is 6. The molecule has 9 heteroatoms. The number of imide groups is 1. The number of hydrogen-bond donors (Lipinski definition) is 2. The maximum atomic E-state index is 15.1. The molecule has 3 heterocycles. The number of piperidine rings is 2. The largest absolute Gasteiger partial charge is 0.444 e. The number of benzene rings is 1. The fourth-order valence-corrected chi connectivity index (χ4v) is 5.00. The average molecular weight is 486 g/mol. The van der Waals surface area contributed by atoms with Gasteiger partial charge in [-0.05, 0) is 62.9 Å². The first kappa shape index (κ1) is 25.0. The second kappa shape index (κ2) is 8.55. The Hall–Kier alpha value is -3.07. The maximum Gasteiger partial charge on any atom is 0.410 e. The Morgan fingerprint density at radius 3 is 2.60 bits per heavy atom. The van der Waals surface area contributed by atoms with Crippen LogP contribution < -0.4 is 5.32 Å². The van der Waals surface area contributed by atoms with Gasteiger partial charge in [0.2, 0.25) is 11.8 Å². The summed E-state index contributed by atoms with van der Waals surface area (Å²) in [5, 5.41) is 14.6. The summed E-state index contributed by atoms with van der Waals surface area (Å²) < 4.78 is 20.6. The van der Waals surface area contributed by atoms with Gasteiger partial charge in [-0.2, -0.15) is 0 Å². The number of ether oxygens (including phenoxy) is 1. The van der Waals surface area contributed by atoms with E-state index in [0.717, 1.165) is 0 Å². The molecule has 0 radical (unpaired) electrons. The van der Waals surface area contributed by atoms with Crippen LogP contribution in [0, 0.1) is 11.2 Å². The van der Waals surface area contributed by atoms with Crippen molar-refractivity contribution in [2.24, 2.45) is 5.41 Å². The van der Waals surface area contributed by atoms with E-state index < -0.39 is 40.4 Å². The van der Waals surface area contributed by atoms with E-state index in [0.29, 0.717) is 22.9 Å². The number of amides is 3. The lowest BCUT2D eigenvalue weighted by molar-refractivity contribution is -0.134. The van der Waals surface area contributed by atoms with Crippen molar-refractivity contribution >= 4 is 28.8 Å². The van der Waals surface area contributed by atoms with Gasteiger partial charge >= 0.3 is 6.09 Å². The van der Waals surface area contributed by atoms with E-state index in [-0.39, 0.29) is 37.4 Å². The molecule has 4 rings (SSSR count). The first-order valence-electron chi connectivity index (χ1n) is 11.8. The molecule has 1 aromatic heterocycles. The third-order valence-corrected chi connectivity index (χ3v) is 6.98. The van der Waals surface area contributed by atoms with Crippen molar-refractivity contribution in [2.75, 3.05) is 13.1 Å². The summed E-state index contributed by atoms with van der Waals surface area (Å²) in [6, 6.07) is 4.69. The Balaban J connectivity index is 1.66. The van der Waals surface area contributed by atoms with Crippen LogP contribution in [0.2, 0.25) is 0 Å². The number of rotatable bonds is 2. The molecule has 0 bridgehead atoms. The second-order valence-corrected chi connectivity index (χ2v) is 11.2. The highest BCUT2D eigenvalue weighted by Gasteiger charge is 2.50. The van der Waals surface area contributed by atoms with Crippen molar-refractivity contribution in [1.82, 2.24) is 15.2 Å². The summed E-state index contributed by atoms with van der Waals surface area (Å²) in [7, 11) is 0. The summed E-state index contributed by atoms with van der Waals surface area (Å²) in [6.45, 7) is 9.55. The number of nitrogens with zero attached hydrogens (tertiary/aromatic N) is 2. The smallest absolute Gasteiger partial charge is 0.410 e. The van der Waals surface area contributed by atoms with Gasteiger partial charge in [0.25, 0.3) is 0 Å². The minimum Gasteiger partial charge on any atom is -0.444 e. The predicted molar refractivity (Wildman–Crippen MR) is 127 cm³/mol. The molecule has 188 valence electrons. The molecule has 1 aromatic carbocycles. The average Bonchev–Trinajstić information content (AvgIpc) is 2.74. The third kappa shape index (κ3) is 4.74. The highest BCUT2D eigenvalue weighted by molar-refractivity contribution is 6.01. The lowest BCUT2D eigenvalue weighted by Gasteiger charge is -2.50. The molecule has 2 aromatic rings. The minimum atomic E-state index is -1.41. The van der Waals surface area contributed by atoms with Crippen LogP contribution in [-0.4, -0.2) is 51.6 Å². The molecule has 35 heavy (non-hydrogen) atoms. The Labute approximate surface area is 203 Å². The van der Waals surface area contributed by atoms with Gasteiger partial charge in [0, 0.05) is 36.5 Å². The number of likely N-dealkylation sites (tertiary alicyclic amines) is 1. The van der Waals surface area contributed by atoms with Crippen molar-refractivity contribution in [1.29, 1.82) is 0 Å². The van der Waals surface area contributed by atoms with E-state index in [9.17, 15) is 19.5 Å². The van der Waals surface area contributed by atoms with Gasteiger partial charge in [-0.25, -0.2) is 9.18 Å². The second-order valence-electron chi connectivity index (χ2n) is 11.2. The van der Waals surface area contributed by atoms with Crippen molar-refractivity contribution in [3.8, 4) is 0 Å². The molecule has 2 atom stereocenters. The van der Waals surface area contributed by atoms with Crippen LogP contribution in [0.3, 0.4) is 0 Å². The fourth-order valence-electron chi connectivity index (χ4n) is 5.00. The van der Waals surface area contributed by atoms with Crippen LogP contribution in [0.1, 0.15) is 70.9 Å². The number of aromatic nitrogens is 1. The molecule has 2 N–H and O–H groups in total. The predicted octanol–water partition coefficient (Wildman–Crippen LogP) is 3.75. The summed E-state index contributed by atoms with van der Waals surface area (Å²) >= 11 is 0. The van der Waals surface area contributed by atoms with E-state index in [4.69, 9.17) is 4.74 Å². The van der Waals surface area contributed by atoms with Gasteiger partial charge < -0.3 is 14.7 Å². The summed E-state index contributed by atoms with van der Waals surface area (Å²) in [5.41, 5.74) is -1.74.